The van der Waals surface area contributed by atoms with Gasteiger partial charge in [0.1, 0.15) is 0 Å². The van der Waals surface area contributed by atoms with Gasteiger partial charge in [0.25, 0.3) is 5.69 Å². The van der Waals surface area contributed by atoms with Crippen LogP contribution in [0.1, 0.15) is 37.8 Å². The molecule has 0 radical (unpaired) electrons. The Morgan fingerprint density at radius 2 is 1.60 bits per heavy atom. The van der Waals surface area contributed by atoms with Crippen LogP contribution in [0.4, 0.5) is 5.69 Å². The van der Waals surface area contributed by atoms with Gasteiger partial charge in [0.2, 0.25) is 0 Å². The van der Waals surface area contributed by atoms with Crippen molar-refractivity contribution in [3.05, 3.63) is 39.4 Å². The van der Waals surface area contributed by atoms with E-state index in [1.807, 2.05) is 13.0 Å². The van der Waals surface area contributed by atoms with Crippen molar-refractivity contribution in [2.45, 2.75) is 40.0 Å². The molecular weight excluding hydrogens is 328 g/mol. The van der Waals surface area contributed by atoms with Crippen molar-refractivity contribution in [1.29, 1.82) is 0 Å². The first kappa shape index (κ1) is 22.5. The normalized spacial score (nSPS) is 10.1. The van der Waals surface area contributed by atoms with E-state index in [-0.39, 0.29) is 10.6 Å². The van der Waals surface area contributed by atoms with Crippen molar-refractivity contribution in [3.63, 3.8) is 0 Å². The number of hydrogen-bond donors (Lipinski definition) is 2. The molecule has 0 heterocycles. The Labute approximate surface area is 147 Å². The minimum Gasteiger partial charge on any atom is -0.473 e. The molecule has 1 aromatic rings. The fourth-order valence-corrected chi connectivity index (χ4v) is 2.38. The van der Waals surface area contributed by atoms with Crippen LogP contribution in [0, 0.1) is 17.0 Å². The zero-order chi connectivity index (χ0) is 19.4. The third-order valence-corrected chi connectivity index (χ3v) is 3.57. The monoisotopic (exact) mass is 354 g/mol. The van der Waals surface area contributed by atoms with Crippen molar-refractivity contribution in [2.75, 3.05) is 19.6 Å². The Kier molecular flexibility index (Phi) is 10.8. The summed E-state index contributed by atoms with van der Waals surface area (Å²) in [4.78, 5) is 31.2. The molecule has 0 unspecified atom stereocenters. The molecule has 0 atom stereocenters. The highest BCUT2D eigenvalue weighted by Crippen LogP contribution is 2.21. The van der Waals surface area contributed by atoms with Crippen LogP contribution in [0.15, 0.2) is 18.2 Å². The van der Waals surface area contributed by atoms with Gasteiger partial charge in [0.05, 0.1) is 4.92 Å². The lowest BCUT2D eigenvalue weighted by Gasteiger charge is -2.21. The molecule has 1 aromatic carbocycles. The van der Waals surface area contributed by atoms with Crippen LogP contribution in [-0.4, -0.2) is 51.6 Å². The van der Waals surface area contributed by atoms with Crippen LogP contribution in [0.2, 0.25) is 0 Å². The van der Waals surface area contributed by atoms with Crippen molar-refractivity contribution < 1.29 is 24.7 Å². The van der Waals surface area contributed by atoms with E-state index in [4.69, 9.17) is 19.8 Å². The maximum atomic E-state index is 10.9. The fourth-order valence-electron chi connectivity index (χ4n) is 2.38. The summed E-state index contributed by atoms with van der Waals surface area (Å²) in [6, 6.07) is 5.36. The molecule has 8 nitrogen and oxygen atoms in total. The number of carboxylic acid groups (broad SMARTS) is 2. The van der Waals surface area contributed by atoms with Gasteiger partial charge < -0.3 is 15.1 Å². The van der Waals surface area contributed by atoms with E-state index >= 15 is 0 Å². The van der Waals surface area contributed by atoms with Gasteiger partial charge in [-0.05, 0) is 44.8 Å². The Bertz CT molecular complexity index is 571. The molecule has 0 spiro atoms. The number of benzene rings is 1. The highest BCUT2D eigenvalue weighted by molar-refractivity contribution is 6.27. The first-order chi connectivity index (χ1) is 11.7. The number of nitro benzene ring substituents is 1. The Hall–Kier alpha value is -2.48. The van der Waals surface area contributed by atoms with Crippen LogP contribution in [-0.2, 0) is 16.0 Å². The van der Waals surface area contributed by atoms with Gasteiger partial charge in [-0.15, -0.1) is 0 Å². The minimum absolute atomic E-state index is 0.232. The van der Waals surface area contributed by atoms with Gasteiger partial charge >= 0.3 is 11.9 Å². The first-order valence-corrected chi connectivity index (χ1v) is 8.15. The quantitative estimate of drug-likeness (QED) is 0.418. The van der Waals surface area contributed by atoms with Crippen LogP contribution in [0.5, 0.6) is 0 Å². The van der Waals surface area contributed by atoms with E-state index in [1.165, 1.54) is 0 Å². The van der Waals surface area contributed by atoms with E-state index < -0.39 is 11.9 Å². The standard InChI is InChI=1S/C15H24N2O2.C2H2O4/c1-4-10-16(11-5-2)12-9-14-7-6-8-15(13(14)3)17(18)19;3-1(4)2(5)6/h6-8H,4-5,9-12H2,1-3H3;(H,3,4)(H,5,6). The second kappa shape index (κ2) is 12.0. The van der Waals surface area contributed by atoms with Gasteiger partial charge in [-0.2, -0.15) is 0 Å². The van der Waals surface area contributed by atoms with Gasteiger partial charge in [-0.3, -0.25) is 10.1 Å². The highest BCUT2D eigenvalue weighted by Gasteiger charge is 2.13. The summed E-state index contributed by atoms with van der Waals surface area (Å²) in [5.74, 6) is -3.65. The predicted octanol–water partition coefficient (Wildman–Crippen LogP) is 2.72. The van der Waals surface area contributed by atoms with E-state index in [1.54, 1.807) is 12.1 Å². The zero-order valence-electron chi connectivity index (χ0n) is 14.9. The molecule has 0 amide bonds. The molecule has 0 saturated carbocycles. The summed E-state index contributed by atoms with van der Waals surface area (Å²) >= 11 is 0. The lowest BCUT2D eigenvalue weighted by atomic mass is 10.0. The molecule has 25 heavy (non-hydrogen) atoms. The maximum absolute atomic E-state index is 10.9. The summed E-state index contributed by atoms with van der Waals surface area (Å²) in [6.45, 7) is 9.38. The van der Waals surface area contributed by atoms with Gasteiger partial charge in [-0.1, -0.05) is 26.0 Å². The average molecular weight is 354 g/mol. The zero-order valence-corrected chi connectivity index (χ0v) is 14.9. The van der Waals surface area contributed by atoms with Crippen molar-refractivity contribution in [2.24, 2.45) is 0 Å². The van der Waals surface area contributed by atoms with Crippen molar-refractivity contribution >= 4 is 17.6 Å². The number of carboxylic acids is 2. The third kappa shape index (κ3) is 8.80. The van der Waals surface area contributed by atoms with Crippen molar-refractivity contribution in [1.82, 2.24) is 4.90 Å². The number of hydrogen-bond acceptors (Lipinski definition) is 5. The minimum atomic E-state index is -1.82. The maximum Gasteiger partial charge on any atom is 0.414 e. The molecule has 0 bridgehead atoms. The molecule has 0 aliphatic rings. The highest BCUT2D eigenvalue weighted by atomic mass is 16.6. The number of rotatable bonds is 8. The molecule has 2 N–H and O–H groups in total. The lowest BCUT2D eigenvalue weighted by molar-refractivity contribution is -0.385. The average Bonchev–Trinajstić information content (AvgIpc) is 2.54. The third-order valence-electron chi connectivity index (χ3n) is 3.57. The topological polar surface area (TPSA) is 121 Å². The second-order valence-corrected chi connectivity index (χ2v) is 5.52. The van der Waals surface area contributed by atoms with Crippen LogP contribution >= 0.6 is 0 Å². The van der Waals surface area contributed by atoms with E-state index in [2.05, 4.69) is 18.7 Å². The molecule has 1 rings (SSSR count). The van der Waals surface area contributed by atoms with Crippen molar-refractivity contribution in [3.8, 4) is 0 Å². The SMILES string of the molecule is CCCN(CCC)CCc1cccc([N+](=O)[O-])c1C.O=C(O)C(=O)O. The molecule has 8 heteroatoms. The molecule has 0 aliphatic heterocycles. The van der Waals surface area contributed by atoms with E-state index in [0.717, 1.165) is 50.0 Å². The van der Waals surface area contributed by atoms with Crippen LogP contribution < -0.4 is 0 Å². The number of carbonyl (C=O) groups is 2. The van der Waals surface area contributed by atoms with E-state index in [9.17, 15) is 10.1 Å². The number of nitrogens with zero attached hydrogens (tertiary/aromatic N) is 2. The lowest BCUT2D eigenvalue weighted by Crippen LogP contribution is -2.27. The number of nitro groups is 1. The van der Waals surface area contributed by atoms with Gasteiger partial charge in [0.15, 0.2) is 0 Å². The summed E-state index contributed by atoms with van der Waals surface area (Å²) < 4.78 is 0. The van der Waals surface area contributed by atoms with Gasteiger partial charge in [-0.25, -0.2) is 9.59 Å². The summed E-state index contributed by atoms with van der Waals surface area (Å²) in [6.07, 6.45) is 3.18. The smallest absolute Gasteiger partial charge is 0.414 e. The Balaban J connectivity index is 0.000000823. The summed E-state index contributed by atoms with van der Waals surface area (Å²) in [5, 5.41) is 25.7. The largest absolute Gasteiger partial charge is 0.473 e. The number of aliphatic carboxylic acids is 2. The Morgan fingerprint density at radius 1 is 1.08 bits per heavy atom. The molecule has 0 saturated heterocycles. The second-order valence-electron chi connectivity index (χ2n) is 5.52. The molecule has 0 aromatic heterocycles. The fraction of sp³-hybridized carbons (Fsp3) is 0.529. The predicted molar refractivity (Wildman–Crippen MR) is 93.8 cm³/mol. The van der Waals surface area contributed by atoms with Crippen LogP contribution in [0.3, 0.4) is 0 Å². The summed E-state index contributed by atoms with van der Waals surface area (Å²) in [5.41, 5.74) is 2.13. The van der Waals surface area contributed by atoms with Gasteiger partial charge in [0, 0.05) is 18.2 Å². The first-order valence-electron chi connectivity index (χ1n) is 8.15. The molecule has 0 aliphatic carbocycles. The van der Waals surface area contributed by atoms with Crippen LogP contribution in [0.25, 0.3) is 0 Å². The molecule has 0 fully saturated rings. The molecular formula is C17H26N2O6. The van der Waals surface area contributed by atoms with E-state index in [0.29, 0.717) is 0 Å². The summed E-state index contributed by atoms with van der Waals surface area (Å²) in [7, 11) is 0. The molecule has 140 valence electrons. The Morgan fingerprint density at radius 3 is 2.00 bits per heavy atom.